The molecule has 136 valence electrons. The summed E-state index contributed by atoms with van der Waals surface area (Å²) in [5, 5.41) is -0.0866. The zero-order valence-electron chi connectivity index (χ0n) is 13.0. The van der Waals surface area contributed by atoms with Gasteiger partial charge in [0.15, 0.2) is 0 Å². The normalized spacial score (nSPS) is 22.2. The van der Waals surface area contributed by atoms with Crippen LogP contribution in [0.5, 0.6) is 5.75 Å². The van der Waals surface area contributed by atoms with Crippen LogP contribution in [0.15, 0.2) is 30.5 Å². The molecule has 1 saturated carbocycles. The van der Waals surface area contributed by atoms with Gasteiger partial charge in [-0.2, -0.15) is 26.3 Å². The maximum absolute atomic E-state index is 13.5. The van der Waals surface area contributed by atoms with Crippen molar-refractivity contribution in [1.82, 2.24) is 4.98 Å². The molecule has 1 aliphatic rings. The van der Waals surface area contributed by atoms with Gasteiger partial charge in [-0.25, -0.2) is 0 Å². The van der Waals surface area contributed by atoms with Crippen molar-refractivity contribution in [2.75, 3.05) is 0 Å². The van der Waals surface area contributed by atoms with Gasteiger partial charge in [0.05, 0.1) is 17.5 Å². The summed E-state index contributed by atoms with van der Waals surface area (Å²) in [7, 11) is 0. The molecular weight excluding hydrogens is 348 g/mol. The van der Waals surface area contributed by atoms with Crippen molar-refractivity contribution >= 4 is 10.9 Å². The molecule has 0 saturated heterocycles. The Bertz CT molecular complexity index is 747. The number of alkyl halides is 6. The lowest BCUT2D eigenvalue weighted by molar-refractivity contribution is -0.185. The Kier molecular flexibility index (Phi) is 4.55. The van der Waals surface area contributed by atoms with E-state index < -0.39 is 29.9 Å². The highest BCUT2D eigenvalue weighted by Crippen LogP contribution is 2.43. The van der Waals surface area contributed by atoms with Crippen molar-refractivity contribution in [3.05, 3.63) is 36.0 Å². The van der Waals surface area contributed by atoms with E-state index in [1.165, 1.54) is 30.5 Å². The summed E-state index contributed by atoms with van der Waals surface area (Å²) in [4.78, 5) is 3.90. The number of aromatic nitrogens is 1. The lowest BCUT2D eigenvalue weighted by atomic mass is 9.87. The molecule has 3 rings (SSSR count). The molecule has 1 aliphatic carbocycles. The van der Waals surface area contributed by atoms with Gasteiger partial charge in [0, 0.05) is 11.6 Å². The third-order valence-corrected chi connectivity index (χ3v) is 4.46. The number of rotatable bonds is 2. The zero-order chi connectivity index (χ0) is 18.2. The highest BCUT2D eigenvalue weighted by Gasteiger charge is 2.42. The summed E-state index contributed by atoms with van der Waals surface area (Å²) < 4.78 is 84.0. The van der Waals surface area contributed by atoms with Crippen molar-refractivity contribution in [3.63, 3.8) is 0 Å². The quantitative estimate of drug-likeness (QED) is 0.634. The van der Waals surface area contributed by atoms with Crippen molar-refractivity contribution in [2.45, 2.75) is 44.1 Å². The topological polar surface area (TPSA) is 22.1 Å². The van der Waals surface area contributed by atoms with Gasteiger partial charge in [-0.15, -0.1) is 0 Å². The summed E-state index contributed by atoms with van der Waals surface area (Å²) in [6, 6.07) is 5.31. The fourth-order valence-corrected chi connectivity index (χ4v) is 3.21. The molecule has 2 aromatic rings. The summed E-state index contributed by atoms with van der Waals surface area (Å²) >= 11 is 0. The molecule has 0 bridgehead atoms. The van der Waals surface area contributed by atoms with E-state index in [0.29, 0.717) is 0 Å². The molecule has 0 atom stereocenters. The van der Waals surface area contributed by atoms with E-state index in [0.717, 1.165) is 0 Å². The minimum Gasteiger partial charge on any atom is -0.490 e. The maximum atomic E-state index is 13.5. The molecule has 0 unspecified atom stereocenters. The van der Waals surface area contributed by atoms with E-state index in [2.05, 4.69) is 4.98 Å². The first-order valence-electron chi connectivity index (χ1n) is 7.84. The van der Waals surface area contributed by atoms with E-state index in [1.807, 2.05) is 0 Å². The minimum atomic E-state index is -4.65. The average molecular weight is 363 g/mol. The Morgan fingerprint density at radius 3 is 2.20 bits per heavy atom. The van der Waals surface area contributed by atoms with Crippen molar-refractivity contribution in [3.8, 4) is 5.75 Å². The van der Waals surface area contributed by atoms with Crippen LogP contribution < -0.4 is 4.74 Å². The molecule has 0 radical (unpaired) electrons. The Hall–Kier alpha value is -1.99. The van der Waals surface area contributed by atoms with Crippen LogP contribution in [0.4, 0.5) is 26.3 Å². The Balaban J connectivity index is 1.85. The monoisotopic (exact) mass is 363 g/mol. The van der Waals surface area contributed by atoms with Crippen molar-refractivity contribution in [2.24, 2.45) is 5.92 Å². The maximum Gasteiger partial charge on any atom is 0.420 e. The second-order valence-corrected chi connectivity index (χ2v) is 6.14. The standard InChI is InChI=1S/C17H15F6NO/c18-16(19,20)10-3-5-11(6-4-10)25-14-8-7-13-12(2-1-9-24-13)15(14)17(21,22)23/h1-2,7-11H,3-6H2. The molecular formula is C17H15F6NO. The first-order valence-corrected chi connectivity index (χ1v) is 7.84. The molecule has 1 aromatic carbocycles. The van der Waals surface area contributed by atoms with Gasteiger partial charge in [0.1, 0.15) is 11.3 Å². The van der Waals surface area contributed by atoms with Crippen LogP contribution in [-0.2, 0) is 6.18 Å². The number of hydrogen-bond donors (Lipinski definition) is 0. The summed E-state index contributed by atoms with van der Waals surface area (Å²) in [6.07, 6.45) is -8.30. The van der Waals surface area contributed by atoms with E-state index in [9.17, 15) is 26.3 Å². The molecule has 1 aromatic heterocycles. The molecule has 0 aliphatic heterocycles. The lowest BCUT2D eigenvalue weighted by Gasteiger charge is -2.31. The first-order chi connectivity index (χ1) is 11.7. The highest BCUT2D eigenvalue weighted by atomic mass is 19.4. The van der Waals surface area contributed by atoms with Gasteiger partial charge in [-0.05, 0) is 43.9 Å². The molecule has 1 heterocycles. The van der Waals surface area contributed by atoms with Crippen LogP contribution in [-0.4, -0.2) is 17.3 Å². The van der Waals surface area contributed by atoms with Crippen LogP contribution in [0.2, 0.25) is 0 Å². The summed E-state index contributed by atoms with van der Waals surface area (Å²) in [5.74, 6) is -1.77. The number of ether oxygens (including phenoxy) is 1. The van der Waals surface area contributed by atoms with Gasteiger partial charge in [-0.1, -0.05) is 6.07 Å². The number of pyridine rings is 1. The second-order valence-electron chi connectivity index (χ2n) is 6.14. The molecule has 0 spiro atoms. The first kappa shape index (κ1) is 17.8. The zero-order valence-corrected chi connectivity index (χ0v) is 13.0. The van der Waals surface area contributed by atoms with Crippen LogP contribution in [0.25, 0.3) is 10.9 Å². The van der Waals surface area contributed by atoms with Crippen LogP contribution in [0.1, 0.15) is 31.2 Å². The van der Waals surface area contributed by atoms with E-state index in [1.54, 1.807) is 0 Å². The predicted molar refractivity (Wildman–Crippen MR) is 79.2 cm³/mol. The van der Waals surface area contributed by atoms with Gasteiger partial charge in [-0.3, -0.25) is 4.98 Å². The lowest BCUT2D eigenvalue weighted by Crippen LogP contribution is -2.32. The summed E-state index contributed by atoms with van der Waals surface area (Å²) in [6.45, 7) is 0. The Morgan fingerprint density at radius 1 is 0.920 bits per heavy atom. The molecule has 25 heavy (non-hydrogen) atoms. The van der Waals surface area contributed by atoms with E-state index in [-0.39, 0.29) is 42.3 Å². The molecule has 2 nitrogen and oxygen atoms in total. The number of fused-ring (bicyclic) bond motifs is 1. The van der Waals surface area contributed by atoms with E-state index >= 15 is 0 Å². The second kappa shape index (κ2) is 6.38. The van der Waals surface area contributed by atoms with Gasteiger partial charge in [0.25, 0.3) is 0 Å². The van der Waals surface area contributed by atoms with Crippen LogP contribution in [0, 0.1) is 5.92 Å². The third-order valence-electron chi connectivity index (χ3n) is 4.46. The third kappa shape index (κ3) is 3.82. The molecule has 0 N–H and O–H groups in total. The van der Waals surface area contributed by atoms with Crippen LogP contribution >= 0.6 is 0 Å². The fourth-order valence-electron chi connectivity index (χ4n) is 3.21. The van der Waals surface area contributed by atoms with Gasteiger partial charge in [0.2, 0.25) is 0 Å². The van der Waals surface area contributed by atoms with E-state index in [4.69, 9.17) is 4.74 Å². The highest BCUT2D eigenvalue weighted by molar-refractivity contribution is 5.85. The number of benzene rings is 1. The molecule has 8 heteroatoms. The smallest absolute Gasteiger partial charge is 0.420 e. The van der Waals surface area contributed by atoms with Gasteiger partial charge >= 0.3 is 12.4 Å². The predicted octanol–water partition coefficient (Wildman–Crippen LogP) is 5.75. The number of halogens is 6. The number of hydrogen-bond acceptors (Lipinski definition) is 2. The fraction of sp³-hybridized carbons (Fsp3) is 0.471. The molecule has 0 amide bonds. The largest absolute Gasteiger partial charge is 0.490 e. The SMILES string of the molecule is FC(F)(F)c1c(OC2CCC(C(F)(F)F)CC2)ccc2ncccc12. The Labute approximate surface area is 139 Å². The van der Waals surface area contributed by atoms with Crippen molar-refractivity contribution in [1.29, 1.82) is 0 Å². The van der Waals surface area contributed by atoms with Crippen molar-refractivity contribution < 1.29 is 31.1 Å². The summed E-state index contributed by atoms with van der Waals surface area (Å²) in [5.41, 5.74) is -0.751. The van der Waals surface area contributed by atoms with Gasteiger partial charge < -0.3 is 4.74 Å². The average Bonchev–Trinajstić information content (AvgIpc) is 2.53. The van der Waals surface area contributed by atoms with Crippen LogP contribution in [0.3, 0.4) is 0 Å². The molecule has 1 fully saturated rings. The minimum absolute atomic E-state index is 0.0759. The Morgan fingerprint density at radius 2 is 1.60 bits per heavy atom. The number of nitrogens with zero attached hydrogens (tertiary/aromatic N) is 1.